The first kappa shape index (κ1) is 10.3. The zero-order valence-electron chi connectivity index (χ0n) is 8.16. The molecule has 0 N–H and O–H groups in total. The molecule has 0 aromatic heterocycles. The molecule has 0 bridgehead atoms. The van der Waals surface area contributed by atoms with Crippen molar-refractivity contribution in [2.24, 2.45) is 0 Å². The summed E-state index contributed by atoms with van der Waals surface area (Å²) in [5, 5.41) is 21.2. The lowest BCUT2D eigenvalue weighted by atomic mass is 10.2. The van der Waals surface area contributed by atoms with Gasteiger partial charge in [0.15, 0.2) is 5.75 Å². The van der Waals surface area contributed by atoms with Crippen molar-refractivity contribution in [2.75, 3.05) is 0 Å². The van der Waals surface area contributed by atoms with Gasteiger partial charge in [-0.05, 0) is 18.9 Å². The third-order valence-corrected chi connectivity index (χ3v) is 2.17. The normalized spacial score (nSPS) is 14.5. The molecule has 16 heavy (non-hydrogen) atoms. The van der Waals surface area contributed by atoms with E-state index in [9.17, 15) is 20.2 Å². The van der Waals surface area contributed by atoms with Crippen LogP contribution in [0.25, 0.3) is 0 Å². The molecule has 2 rings (SSSR count). The molecule has 0 amide bonds. The van der Waals surface area contributed by atoms with Crippen molar-refractivity contribution < 1.29 is 14.6 Å². The third-order valence-electron chi connectivity index (χ3n) is 2.17. The van der Waals surface area contributed by atoms with Crippen molar-refractivity contribution in [3.05, 3.63) is 38.4 Å². The second-order valence-electron chi connectivity index (χ2n) is 3.48. The van der Waals surface area contributed by atoms with Crippen molar-refractivity contribution in [2.45, 2.75) is 18.9 Å². The Morgan fingerprint density at radius 2 is 1.88 bits per heavy atom. The highest BCUT2D eigenvalue weighted by atomic mass is 16.6. The molecule has 1 aromatic carbocycles. The largest absolute Gasteiger partial charge is 0.483 e. The first-order chi connectivity index (χ1) is 7.58. The van der Waals surface area contributed by atoms with Crippen molar-refractivity contribution in [3.8, 4) is 5.75 Å². The van der Waals surface area contributed by atoms with Gasteiger partial charge in [-0.1, -0.05) is 0 Å². The minimum Gasteiger partial charge on any atom is -0.483 e. The number of nitrogens with zero attached hydrogens (tertiary/aromatic N) is 2. The molecule has 7 heteroatoms. The number of nitro benzene ring substituents is 2. The van der Waals surface area contributed by atoms with Crippen LogP contribution in [0.1, 0.15) is 12.8 Å². The van der Waals surface area contributed by atoms with Crippen molar-refractivity contribution >= 4 is 11.4 Å². The SMILES string of the molecule is O=[N+]([O-])c1ccc(OC2CC2)c([N+](=O)[O-])c1. The first-order valence-corrected chi connectivity index (χ1v) is 4.67. The molecule has 0 atom stereocenters. The molecule has 0 saturated heterocycles. The predicted octanol–water partition coefficient (Wildman–Crippen LogP) is 2.04. The van der Waals surface area contributed by atoms with Gasteiger partial charge in [0.25, 0.3) is 5.69 Å². The van der Waals surface area contributed by atoms with Gasteiger partial charge in [-0.3, -0.25) is 20.2 Å². The van der Waals surface area contributed by atoms with E-state index >= 15 is 0 Å². The average Bonchev–Trinajstić information content (AvgIpc) is 3.01. The molecule has 1 saturated carbocycles. The van der Waals surface area contributed by atoms with Crippen LogP contribution in [0.15, 0.2) is 18.2 Å². The van der Waals surface area contributed by atoms with Crippen molar-refractivity contribution in [3.63, 3.8) is 0 Å². The van der Waals surface area contributed by atoms with E-state index in [0.29, 0.717) is 0 Å². The van der Waals surface area contributed by atoms with Crippen LogP contribution in [0.4, 0.5) is 11.4 Å². The van der Waals surface area contributed by atoms with Gasteiger partial charge in [0, 0.05) is 6.07 Å². The number of benzene rings is 1. The summed E-state index contributed by atoms with van der Waals surface area (Å²) in [5.74, 6) is 0.0955. The topological polar surface area (TPSA) is 95.5 Å². The lowest BCUT2D eigenvalue weighted by Gasteiger charge is -2.04. The Labute approximate surface area is 89.9 Å². The summed E-state index contributed by atoms with van der Waals surface area (Å²) in [6, 6.07) is 3.39. The molecular formula is C9H8N2O5. The highest BCUT2D eigenvalue weighted by Gasteiger charge is 2.28. The van der Waals surface area contributed by atoms with E-state index in [1.807, 2.05) is 0 Å². The van der Waals surface area contributed by atoms with Crippen molar-refractivity contribution in [1.29, 1.82) is 0 Å². The second kappa shape index (κ2) is 3.76. The van der Waals surface area contributed by atoms with E-state index in [1.54, 1.807) is 0 Å². The van der Waals surface area contributed by atoms with E-state index in [1.165, 1.54) is 12.1 Å². The van der Waals surface area contributed by atoms with E-state index < -0.39 is 9.85 Å². The van der Waals surface area contributed by atoms with Gasteiger partial charge in [0.05, 0.1) is 22.0 Å². The van der Waals surface area contributed by atoms with Crippen LogP contribution in [-0.4, -0.2) is 16.0 Å². The highest BCUT2D eigenvalue weighted by molar-refractivity contribution is 5.53. The lowest BCUT2D eigenvalue weighted by Crippen LogP contribution is -2.01. The Morgan fingerprint density at radius 1 is 1.19 bits per heavy atom. The van der Waals surface area contributed by atoms with E-state index in [2.05, 4.69) is 0 Å². The number of hydrogen-bond donors (Lipinski definition) is 0. The van der Waals surface area contributed by atoms with Gasteiger partial charge >= 0.3 is 5.69 Å². The minimum absolute atomic E-state index is 0.0140. The molecule has 0 radical (unpaired) electrons. The molecule has 0 spiro atoms. The smallest absolute Gasteiger partial charge is 0.317 e. The maximum Gasteiger partial charge on any atom is 0.317 e. The molecule has 0 aliphatic heterocycles. The van der Waals surface area contributed by atoms with Gasteiger partial charge < -0.3 is 4.74 Å². The highest BCUT2D eigenvalue weighted by Crippen LogP contribution is 2.35. The monoisotopic (exact) mass is 224 g/mol. The Balaban J connectivity index is 2.35. The van der Waals surface area contributed by atoms with Gasteiger partial charge in [-0.25, -0.2) is 0 Å². The number of hydrogen-bond acceptors (Lipinski definition) is 5. The zero-order chi connectivity index (χ0) is 11.7. The standard InChI is InChI=1S/C9H8N2O5/c12-10(13)6-1-4-9(16-7-2-3-7)8(5-6)11(14)15/h1,4-5,7H,2-3H2. The van der Waals surface area contributed by atoms with E-state index in [0.717, 1.165) is 18.9 Å². The molecular weight excluding hydrogens is 216 g/mol. The molecule has 0 heterocycles. The summed E-state index contributed by atoms with van der Waals surface area (Å²) in [6.07, 6.45) is 1.75. The quantitative estimate of drug-likeness (QED) is 0.576. The number of ether oxygens (including phenoxy) is 1. The summed E-state index contributed by atoms with van der Waals surface area (Å²) in [4.78, 5) is 19.8. The minimum atomic E-state index is -0.676. The molecule has 1 aromatic rings. The van der Waals surface area contributed by atoms with Gasteiger partial charge in [-0.2, -0.15) is 0 Å². The number of nitro groups is 2. The maximum atomic E-state index is 10.7. The van der Waals surface area contributed by atoms with E-state index in [4.69, 9.17) is 4.74 Å². The summed E-state index contributed by atoms with van der Waals surface area (Å²) in [6.45, 7) is 0. The molecule has 1 aliphatic carbocycles. The van der Waals surface area contributed by atoms with Crippen LogP contribution in [-0.2, 0) is 0 Å². The molecule has 7 nitrogen and oxygen atoms in total. The lowest BCUT2D eigenvalue weighted by molar-refractivity contribution is -0.394. The fourth-order valence-corrected chi connectivity index (χ4v) is 1.23. The first-order valence-electron chi connectivity index (χ1n) is 4.67. The number of rotatable bonds is 4. The van der Waals surface area contributed by atoms with Gasteiger partial charge in [0.2, 0.25) is 0 Å². The Bertz CT molecular complexity index is 455. The summed E-state index contributed by atoms with van der Waals surface area (Å²) in [7, 11) is 0. The Kier molecular flexibility index (Phi) is 2.43. The molecule has 0 unspecified atom stereocenters. The summed E-state index contributed by atoms with van der Waals surface area (Å²) >= 11 is 0. The van der Waals surface area contributed by atoms with Gasteiger partial charge in [-0.15, -0.1) is 0 Å². The van der Waals surface area contributed by atoms with Crippen LogP contribution < -0.4 is 4.74 Å². The fourth-order valence-electron chi connectivity index (χ4n) is 1.23. The summed E-state index contributed by atoms with van der Waals surface area (Å²) in [5.41, 5.74) is -0.670. The Morgan fingerprint density at radius 3 is 2.38 bits per heavy atom. The zero-order valence-corrected chi connectivity index (χ0v) is 8.16. The fraction of sp³-hybridized carbons (Fsp3) is 0.333. The van der Waals surface area contributed by atoms with Crippen LogP contribution in [0.5, 0.6) is 5.75 Å². The van der Waals surface area contributed by atoms with Crippen LogP contribution in [0, 0.1) is 20.2 Å². The number of non-ortho nitro benzene ring substituents is 1. The van der Waals surface area contributed by atoms with Crippen LogP contribution >= 0.6 is 0 Å². The predicted molar refractivity (Wildman–Crippen MR) is 53.4 cm³/mol. The summed E-state index contributed by atoms with van der Waals surface area (Å²) < 4.78 is 5.29. The van der Waals surface area contributed by atoms with Crippen LogP contribution in [0.3, 0.4) is 0 Å². The average molecular weight is 224 g/mol. The van der Waals surface area contributed by atoms with E-state index in [-0.39, 0.29) is 23.2 Å². The molecule has 1 fully saturated rings. The Hall–Kier alpha value is -2.18. The molecule has 84 valence electrons. The van der Waals surface area contributed by atoms with Crippen molar-refractivity contribution in [1.82, 2.24) is 0 Å². The third kappa shape index (κ3) is 2.08. The maximum absolute atomic E-state index is 10.7. The van der Waals surface area contributed by atoms with Gasteiger partial charge in [0.1, 0.15) is 0 Å². The van der Waals surface area contributed by atoms with Crippen LogP contribution in [0.2, 0.25) is 0 Å². The second-order valence-corrected chi connectivity index (χ2v) is 3.48. The molecule has 1 aliphatic rings.